The normalized spacial score (nSPS) is 10.6. The van der Waals surface area contributed by atoms with Crippen LogP contribution >= 0.6 is 0 Å². The van der Waals surface area contributed by atoms with E-state index in [1.165, 1.54) is 19.1 Å². The third kappa shape index (κ3) is 3.15. The number of carbonyl (C=O) groups is 1. The molecule has 0 saturated heterocycles. The van der Waals surface area contributed by atoms with Crippen LogP contribution in [-0.2, 0) is 0 Å². The molecule has 5 nitrogen and oxygen atoms in total. The molecule has 1 rings (SSSR count). The second-order valence-electron chi connectivity index (χ2n) is 3.73. The maximum absolute atomic E-state index is 13.6. The molecule has 1 aromatic rings. The lowest BCUT2D eigenvalue weighted by atomic mass is 10.1. The number of rotatable bonds is 4. The molecule has 17 heavy (non-hydrogen) atoms. The molecule has 1 amide bonds. The summed E-state index contributed by atoms with van der Waals surface area (Å²) in [7, 11) is 0. The number of aliphatic hydroxyl groups excluding tert-OH is 2. The molecule has 94 valence electrons. The minimum Gasteiger partial charge on any atom is -0.399 e. The second kappa shape index (κ2) is 5.60. The number of hydrogen-bond donors (Lipinski definition) is 4. The second-order valence-corrected chi connectivity index (χ2v) is 3.73. The average Bonchev–Trinajstić information content (AvgIpc) is 2.30. The van der Waals surface area contributed by atoms with Crippen LogP contribution in [0.5, 0.6) is 0 Å². The Morgan fingerprint density at radius 3 is 2.59 bits per heavy atom. The number of amides is 1. The van der Waals surface area contributed by atoms with Crippen molar-refractivity contribution in [1.29, 1.82) is 0 Å². The largest absolute Gasteiger partial charge is 0.399 e. The summed E-state index contributed by atoms with van der Waals surface area (Å²) >= 11 is 0. The Kier molecular flexibility index (Phi) is 4.42. The van der Waals surface area contributed by atoms with Crippen molar-refractivity contribution in [2.45, 2.75) is 13.0 Å². The van der Waals surface area contributed by atoms with Crippen LogP contribution in [0.15, 0.2) is 12.1 Å². The van der Waals surface area contributed by atoms with Crippen molar-refractivity contribution in [2.24, 2.45) is 0 Å². The van der Waals surface area contributed by atoms with Crippen molar-refractivity contribution in [3.05, 3.63) is 29.1 Å². The van der Waals surface area contributed by atoms with Crippen LogP contribution in [0.1, 0.15) is 15.9 Å². The average molecular weight is 242 g/mol. The van der Waals surface area contributed by atoms with Crippen molar-refractivity contribution < 1.29 is 19.4 Å². The highest BCUT2D eigenvalue weighted by Crippen LogP contribution is 2.17. The first-order valence-corrected chi connectivity index (χ1v) is 5.07. The number of aryl methyl sites for hydroxylation is 1. The van der Waals surface area contributed by atoms with E-state index in [-0.39, 0.29) is 16.8 Å². The summed E-state index contributed by atoms with van der Waals surface area (Å²) in [5.74, 6) is -1.38. The van der Waals surface area contributed by atoms with Crippen LogP contribution in [0.2, 0.25) is 0 Å². The van der Waals surface area contributed by atoms with Gasteiger partial charge in [0.15, 0.2) is 0 Å². The van der Waals surface area contributed by atoms with Gasteiger partial charge in [0, 0.05) is 5.69 Å². The van der Waals surface area contributed by atoms with E-state index in [2.05, 4.69) is 5.32 Å². The molecule has 0 spiro atoms. The number of nitrogen functional groups attached to an aromatic ring is 1. The van der Waals surface area contributed by atoms with Gasteiger partial charge in [-0.15, -0.1) is 0 Å². The SMILES string of the molecule is Cc1cc(N)cc(C(=O)NC(CO)CO)c1F. The smallest absolute Gasteiger partial charge is 0.254 e. The van der Waals surface area contributed by atoms with E-state index in [9.17, 15) is 9.18 Å². The van der Waals surface area contributed by atoms with E-state index in [4.69, 9.17) is 15.9 Å². The van der Waals surface area contributed by atoms with Crippen LogP contribution in [0.3, 0.4) is 0 Å². The fourth-order valence-electron chi connectivity index (χ4n) is 1.37. The first-order valence-electron chi connectivity index (χ1n) is 5.07. The zero-order valence-electron chi connectivity index (χ0n) is 9.40. The Morgan fingerprint density at radius 1 is 1.47 bits per heavy atom. The molecular formula is C11H15FN2O3. The molecule has 0 aliphatic rings. The Balaban J connectivity index is 2.96. The topological polar surface area (TPSA) is 95.6 Å². The Bertz CT molecular complexity index is 419. The highest BCUT2D eigenvalue weighted by atomic mass is 19.1. The van der Waals surface area contributed by atoms with Crippen molar-refractivity contribution in [3.63, 3.8) is 0 Å². The van der Waals surface area contributed by atoms with E-state index < -0.39 is 31.0 Å². The van der Waals surface area contributed by atoms with Gasteiger partial charge in [-0.3, -0.25) is 4.79 Å². The zero-order valence-corrected chi connectivity index (χ0v) is 9.40. The molecule has 0 heterocycles. The van der Waals surface area contributed by atoms with Gasteiger partial charge in [-0.1, -0.05) is 0 Å². The molecule has 0 unspecified atom stereocenters. The molecule has 6 heteroatoms. The molecular weight excluding hydrogens is 227 g/mol. The Labute approximate surface area is 98.1 Å². The third-order valence-electron chi connectivity index (χ3n) is 2.30. The maximum atomic E-state index is 13.6. The molecule has 0 aliphatic carbocycles. The lowest BCUT2D eigenvalue weighted by molar-refractivity contribution is 0.0875. The van der Waals surface area contributed by atoms with E-state index in [0.717, 1.165) is 0 Å². The molecule has 0 atom stereocenters. The highest BCUT2D eigenvalue weighted by Gasteiger charge is 2.17. The van der Waals surface area contributed by atoms with Gasteiger partial charge in [0.1, 0.15) is 5.82 Å². The molecule has 1 aromatic carbocycles. The number of anilines is 1. The summed E-state index contributed by atoms with van der Waals surface area (Å²) < 4.78 is 13.6. The predicted octanol–water partition coefficient (Wildman–Crippen LogP) is -0.201. The van der Waals surface area contributed by atoms with Gasteiger partial charge >= 0.3 is 0 Å². The van der Waals surface area contributed by atoms with E-state index >= 15 is 0 Å². The number of aliphatic hydroxyl groups is 2. The molecule has 0 aromatic heterocycles. The number of halogens is 1. The standard InChI is InChI=1S/C11H15FN2O3/c1-6-2-7(13)3-9(10(6)12)11(17)14-8(4-15)5-16/h2-3,8,15-16H,4-5,13H2,1H3,(H,14,17). The highest BCUT2D eigenvalue weighted by molar-refractivity contribution is 5.95. The first-order chi connectivity index (χ1) is 7.99. The minimum atomic E-state index is -0.816. The molecule has 0 fully saturated rings. The van der Waals surface area contributed by atoms with E-state index in [1.54, 1.807) is 0 Å². The summed E-state index contributed by atoms with van der Waals surface area (Å²) in [6, 6.07) is 1.81. The molecule has 0 saturated carbocycles. The van der Waals surface area contributed by atoms with Gasteiger partial charge < -0.3 is 21.3 Å². The van der Waals surface area contributed by atoms with Crippen molar-refractivity contribution in [3.8, 4) is 0 Å². The Hall–Kier alpha value is -1.66. The van der Waals surface area contributed by atoms with Crippen molar-refractivity contribution >= 4 is 11.6 Å². The molecule has 5 N–H and O–H groups in total. The fraction of sp³-hybridized carbons (Fsp3) is 0.364. The van der Waals surface area contributed by atoms with Crippen LogP contribution < -0.4 is 11.1 Å². The Morgan fingerprint density at radius 2 is 2.06 bits per heavy atom. The van der Waals surface area contributed by atoms with Gasteiger partial charge in [-0.05, 0) is 24.6 Å². The summed E-state index contributed by atoms with van der Waals surface area (Å²) in [6.07, 6.45) is 0. The summed E-state index contributed by atoms with van der Waals surface area (Å²) in [4.78, 5) is 11.7. The van der Waals surface area contributed by atoms with Crippen LogP contribution in [0.25, 0.3) is 0 Å². The molecule has 0 bridgehead atoms. The number of benzene rings is 1. The van der Waals surface area contributed by atoms with Gasteiger partial charge in [-0.2, -0.15) is 0 Å². The van der Waals surface area contributed by atoms with Gasteiger partial charge in [0.05, 0.1) is 24.8 Å². The monoisotopic (exact) mass is 242 g/mol. The first kappa shape index (κ1) is 13.4. The predicted molar refractivity (Wildman–Crippen MR) is 61.0 cm³/mol. The van der Waals surface area contributed by atoms with Gasteiger partial charge in [0.2, 0.25) is 0 Å². The van der Waals surface area contributed by atoms with Crippen molar-refractivity contribution in [1.82, 2.24) is 5.32 Å². The zero-order chi connectivity index (χ0) is 13.0. The van der Waals surface area contributed by atoms with E-state index in [1.807, 2.05) is 0 Å². The minimum absolute atomic E-state index is 0.200. The number of nitrogens with one attached hydrogen (secondary N) is 1. The van der Waals surface area contributed by atoms with E-state index in [0.29, 0.717) is 0 Å². The molecule has 0 radical (unpaired) electrons. The van der Waals surface area contributed by atoms with Crippen LogP contribution in [-0.4, -0.2) is 35.4 Å². The fourth-order valence-corrected chi connectivity index (χ4v) is 1.37. The third-order valence-corrected chi connectivity index (χ3v) is 2.30. The maximum Gasteiger partial charge on any atom is 0.254 e. The number of hydrogen-bond acceptors (Lipinski definition) is 4. The lowest BCUT2D eigenvalue weighted by Gasteiger charge is -2.14. The summed E-state index contributed by atoms with van der Waals surface area (Å²) in [6.45, 7) is 0.647. The quantitative estimate of drug-likeness (QED) is 0.550. The number of nitrogens with two attached hydrogens (primary N) is 1. The van der Waals surface area contributed by atoms with Gasteiger partial charge in [-0.25, -0.2) is 4.39 Å². The summed E-state index contributed by atoms with van der Waals surface area (Å²) in [5, 5.41) is 19.9. The van der Waals surface area contributed by atoms with Crippen LogP contribution in [0, 0.1) is 12.7 Å². The van der Waals surface area contributed by atoms with Crippen molar-refractivity contribution in [2.75, 3.05) is 18.9 Å². The summed E-state index contributed by atoms with van der Waals surface area (Å²) in [5.41, 5.74) is 5.86. The molecule has 0 aliphatic heterocycles. The van der Waals surface area contributed by atoms with Crippen LogP contribution in [0.4, 0.5) is 10.1 Å². The van der Waals surface area contributed by atoms with Gasteiger partial charge in [0.25, 0.3) is 5.91 Å². The number of carbonyl (C=O) groups excluding carboxylic acids is 1. The lowest BCUT2D eigenvalue weighted by Crippen LogP contribution is -2.40.